The highest BCUT2D eigenvalue weighted by molar-refractivity contribution is 5.71. The number of carbonyl (C=O) groups excluding carboxylic acids is 3. The van der Waals surface area contributed by atoms with Gasteiger partial charge in [-0.1, -0.05) is 253 Å². The maximum absolute atomic E-state index is 12.7. The zero-order chi connectivity index (χ0) is 49.3. The molecule has 0 saturated carbocycles. The van der Waals surface area contributed by atoms with Gasteiger partial charge in [0, 0.05) is 19.3 Å². The fourth-order valence-electron chi connectivity index (χ4n) is 7.63. The number of hydrogen-bond donors (Lipinski definition) is 0. The molecule has 0 amide bonds. The number of esters is 3. The smallest absolute Gasteiger partial charge is 0.306 e. The molecule has 0 N–H and O–H groups in total. The monoisotopic (exact) mass is 945 g/mol. The van der Waals surface area contributed by atoms with Crippen molar-refractivity contribution in [2.45, 2.75) is 264 Å². The van der Waals surface area contributed by atoms with Crippen molar-refractivity contribution >= 4 is 17.9 Å². The topological polar surface area (TPSA) is 78.9 Å². The average molecular weight is 946 g/mol. The van der Waals surface area contributed by atoms with E-state index < -0.39 is 6.10 Å². The van der Waals surface area contributed by atoms with E-state index in [1.165, 1.54) is 109 Å². The highest BCUT2D eigenvalue weighted by Crippen LogP contribution is 2.15. The van der Waals surface area contributed by atoms with Crippen LogP contribution in [-0.4, -0.2) is 37.2 Å². The second-order valence-corrected chi connectivity index (χ2v) is 18.5. The number of ether oxygens (including phenoxy) is 3. The van der Waals surface area contributed by atoms with Gasteiger partial charge in [-0.05, 0) is 83.5 Å². The highest BCUT2D eigenvalue weighted by Gasteiger charge is 2.19. The summed E-state index contributed by atoms with van der Waals surface area (Å²) in [6.07, 6.45) is 74.5. The molecule has 0 fully saturated rings. The Bertz CT molecular complexity index is 1360. The number of rotatable bonds is 50. The quantitative estimate of drug-likeness (QED) is 0.0262. The molecule has 0 rings (SSSR count). The average Bonchev–Trinajstić information content (AvgIpc) is 3.34. The molecule has 0 radical (unpaired) electrons. The van der Waals surface area contributed by atoms with Crippen LogP contribution in [0.3, 0.4) is 0 Å². The SMILES string of the molecule is CC/C=C\C/C=C\C/C=C\C/C=C\C/C=C\C/C=C\C/C=C\C/C=C\CCCCCCCCCCCCC(=O)OCC(COC(=O)CCCCCCCCC)OC(=O)CCCCCCCCCC. The van der Waals surface area contributed by atoms with Crippen molar-refractivity contribution in [3.05, 3.63) is 97.2 Å². The lowest BCUT2D eigenvalue weighted by molar-refractivity contribution is -0.167. The van der Waals surface area contributed by atoms with Crippen LogP contribution in [0.1, 0.15) is 258 Å². The highest BCUT2D eigenvalue weighted by atomic mass is 16.6. The summed E-state index contributed by atoms with van der Waals surface area (Å²) < 4.78 is 16.7. The third-order valence-electron chi connectivity index (χ3n) is 11.9. The normalized spacial score (nSPS) is 12.8. The van der Waals surface area contributed by atoms with Gasteiger partial charge in [-0.2, -0.15) is 0 Å². The zero-order valence-corrected chi connectivity index (χ0v) is 44.3. The number of unbranched alkanes of at least 4 members (excludes halogenated alkanes) is 23. The van der Waals surface area contributed by atoms with Gasteiger partial charge in [0.1, 0.15) is 13.2 Å². The molecule has 388 valence electrons. The molecule has 0 aromatic carbocycles. The van der Waals surface area contributed by atoms with Gasteiger partial charge in [-0.25, -0.2) is 0 Å². The summed E-state index contributed by atoms with van der Waals surface area (Å²) in [4.78, 5) is 37.7. The third kappa shape index (κ3) is 53.3. The molecule has 6 nitrogen and oxygen atoms in total. The fraction of sp³-hybridized carbons (Fsp3) is 0.694. The van der Waals surface area contributed by atoms with E-state index in [0.29, 0.717) is 19.3 Å². The van der Waals surface area contributed by atoms with Gasteiger partial charge in [-0.3, -0.25) is 14.4 Å². The Hall–Kier alpha value is -3.67. The van der Waals surface area contributed by atoms with Crippen LogP contribution in [0.2, 0.25) is 0 Å². The Morgan fingerprint density at radius 3 is 0.897 bits per heavy atom. The van der Waals surface area contributed by atoms with Crippen molar-refractivity contribution in [1.82, 2.24) is 0 Å². The van der Waals surface area contributed by atoms with Crippen LogP contribution in [0.25, 0.3) is 0 Å². The first-order valence-electron chi connectivity index (χ1n) is 28.2. The predicted octanol–water partition coefficient (Wildman–Crippen LogP) is 18.9. The summed E-state index contributed by atoms with van der Waals surface area (Å²) >= 11 is 0. The van der Waals surface area contributed by atoms with Crippen LogP contribution < -0.4 is 0 Å². The van der Waals surface area contributed by atoms with Crippen LogP contribution in [0.5, 0.6) is 0 Å². The molecule has 1 unspecified atom stereocenters. The minimum absolute atomic E-state index is 0.0754. The molecule has 0 saturated heterocycles. The molecule has 0 aromatic rings. The largest absolute Gasteiger partial charge is 0.462 e. The molecule has 68 heavy (non-hydrogen) atoms. The van der Waals surface area contributed by atoms with Gasteiger partial charge in [0.05, 0.1) is 0 Å². The molecule has 0 aromatic heterocycles. The molecule has 0 aliphatic rings. The second kappa shape index (κ2) is 55.9. The minimum atomic E-state index is -0.770. The fourth-order valence-corrected chi connectivity index (χ4v) is 7.63. The molecular weight excluding hydrogens is 841 g/mol. The Labute approximate surface area is 419 Å². The van der Waals surface area contributed by atoms with Crippen LogP contribution in [0.15, 0.2) is 97.2 Å². The van der Waals surface area contributed by atoms with E-state index in [9.17, 15) is 14.4 Å². The first-order chi connectivity index (χ1) is 33.5. The molecule has 0 spiro atoms. The van der Waals surface area contributed by atoms with E-state index in [2.05, 4.69) is 118 Å². The first-order valence-corrected chi connectivity index (χ1v) is 28.2. The van der Waals surface area contributed by atoms with E-state index in [-0.39, 0.29) is 31.1 Å². The van der Waals surface area contributed by atoms with Crippen molar-refractivity contribution in [2.75, 3.05) is 13.2 Å². The van der Waals surface area contributed by atoms with E-state index in [4.69, 9.17) is 14.2 Å². The lowest BCUT2D eigenvalue weighted by atomic mass is 10.1. The molecular formula is C62H104O6. The molecule has 1 atom stereocenters. The third-order valence-corrected chi connectivity index (χ3v) is 11.9. The number of hydrogen-bond acceptors (Lipinski definition) is 6. The molecule has 0 aliphatic heterocycles. The zero-order valence-electron chi connectivity index (χ0n) is 44.3. The van der Waals surface area contributed by atoms with Gasteiger partial charge in [0.15, 0.2) is 6.10 Å². The Balaban J connectivity index is 3.98. The summed E-state index contributed by atoms with van der Waals surface area (Å²) in [5.74, 6) is -0.891. The van der Waals surface area contributed by atoms with Crippen molar-refractivity contribution in [3.63, 3.8) is 0 Å². The standard InChI is InChI=1S/C62H104O6/c1-4-7-10-13-16-18-19-20-21-22-23-24-25-26-27-28-29-30-31-32-33-34-35-36-37-38-39-40-41-42-43-44-47-49-52-55-61(64)67-58-59(57-66-60(63)54-51-48-45-15-12-9-6-3)68-62(65)56-53-50-46-17-14-11-8-5-2/h7,10,16,18,20-21,23-24,26-27,29-30,32-33,35-36,59H,4-6,8-9,11-15,17,19,22,25,28,31,34,37-58H2,1-3H3/b10-7-,18-16-,21-20-,24-23-,27-26-,30-29-,33-32-,36-35-. The first kappa shape index (κ1) is 64.3. The lowest BCUT2D eigenvalue weighted by Crippen LogP contribution is -2.30. The second-order valence-electron chi connectivity index (χ2n) is 18.5. The number of allylic oxidation sites excluding steroid dienone is 16. The van der Waals surface area contributed by atoms with E-state index in [1.807, 2.05) is 0 Å². The number of carbonyl (C=O) groups is 3. The van der Waals surface area contributed by atoms with Gasteiger partial charge in [0.2, 0.25) is 0 Å². The summed E-state index contributed by atoms with van der Waals surface area (Å²) in [7, 11) is 0. The van der Waals surface area contributed by atoms with Crippen LogP contribution >= 0.6 is 0 Å². The van der Waals surface area contributed by atoms with Crippen molar-refractivity contribution in [2.24, 2.45) is 0 Å². The molecule has 0 aliphatic carbocycles. The van der Waals surface area contributed by atoms with Gasteiger partial charge >= 0.3 is 17.9 Å². The molecule has 6 heteroatoms. The van der Waals surface area contributed by atoms with Crippen molar-refractivity contribution in [3.8, 4) is 0 Å². The van der Waals surface area contributed by atoms with Crippen LogP contribution in [0, 0.1) is 0 Å². The van der Waals surface area contributed by atoms with E-state index in [0.717, 1.165) is 109 Å². The van der Waals surface area contributed by atoms with Gasteiger partial charge in [-0.15, -0.1) is 0 Å². The van der Waals surface area contributed by atoms with Crippen molar-refractivity contribution in [1.29, 1.82) is 0 Å². The van der Waals surface area contributed by atoms with Crippen molar-refractivity contribution < 1.29 is 28.6 Å². The van der Waals surface area contributed by atoms with Gasteiger partial charge < -0.3 is 14.2 Å². The Morgan fingerprint density at radius 2 is 0.574 bits per heavy atom. The maximum Gasteiger partial charge on any atom is 0.306 e. The van der Waals surface area contributed by atoms with E-state index in [1.54, 1.807) is 0 Å². The summed E-state index contributed by atoms with van der Waals surface area (Å²) in [5.41, 5.74) is 0. The Morgan fingerprint density at radius 1 is 0.309 bits per heavy atom. The Kier molecular flexibility index (Phi) is 52.9. The minimum Gasteiger partial charge on any atom is -0.462 e. The summed E-state index contributed by atoms with van der Waals surface area (Å²) in [5, 5.41) is 0. The van der Waals surface area contributed by atoms with Gasteiger partial charge in [0.25, 0.3) is 0 Å². The van der Waals surface area contributed by atoms with Crippen LogP contribution in [-0.2, 0) is 28.6 Å². The van der Waals surface area contributed by atoms with Crippen LogP contribution in [0.4, 0.5) is 0 Å². The van der Waals surface area contributed by atoms with E-state index >= 15 is 0 Å². The maximum atomic E-state index is 12.7. The predicted molar refractivity (Wildman–Crippen MR) is 293 cm³/mol. The summed E-state index contributed by atoms with van der Waals surface area (Å²) in [6, 6.07) is 0. The molecule has 0 bridgehead atoms. The lowest BCUT2D eigenvalue weighted by Gasteiger charge is -2.18. The molecule has 0 heterocycles. The summed E-state index contributed by atoms with van der Waals surface area (Å²) in [6.45, 7) is 6.44.